The van der Waals surface area contributed by atoms with E-state index in [0.29, 0.717) is 0 Å². The Hall–Kier alpha value is -1.36. The van der Waals surface area contributed by atoms with Gasteiger partial charge in [-0.15, -0.1) is 11.3 Å². The molecule has 0 saturated carbocycles. The summed E-state index contributed by atoms with van der Waals surface area (Å²) in [5.41, 5.74) is 9.61. The number of nitrogens with two attached hydrogens (primary N) is 1. The lowest BCUT2D eigenvalue weighted by Crippen LogP contribution is -2.12. The van der Waals surface area contributed by atoms with E-state index in [4.69, 9.17) is 5.73 Å². The highest BCUT2D eigenvalue weighted by Gasteiger charge is 2.09. The molecule has 0 unspecified atom stereocenters. The van der Waals surface area contributed by atoms with Gasteiger partial charge in [0.05, 0.1) is 15.2 Å². The molecule has 0 aliphatic heterocycles. The van der Waals surface area contributed by atoms with Crippen molar-refractivity contribution in [2.45, 2.75) is 6.92 Å². The SMILES string of the molecule is CCNn1c(O)cc2sc(N)cc21. The van der Waals surface area contributed by atoms with E-state index in [2.05, 4.69) is 5.43 Å². The van der Waals surface area contributed by atoms with Gasteiger partial charge in [-0.05, 0) is 13.0 Å². The summed E-state index contributed by atoms with van der Waals surface area (Å²) in [6, 6.07) is 3.56. The summed E-state index contributed by atoms with van der Waals surface area (Å²) >= 11 is 1.47. The van der Waals surface area contributed by atoms with Crippen molar-refractivity contribution >= 4 is 26.6 Å². The van der Waals surface area contributed by atoms with Gasteiger partial charge in [-0.3, -0.25) is 0 Å². The summed E-state index contributed by atoms with van der Waals surface area (Å²) in [6.07, 6.45) is 0. The molecule has 5 heteroatoms. The second kappa shape index (κ2) is 2.85. The van der Waals surface area contributed by atoms with Crippen LogP contribution in [0.15, 0.2) is 12.1 Å². The largest absolute Gasteiger partial charge is 0.493 e. The molecule has 0 amide bonds. The number of aromatic nitrogens is 1. The summed E-state index contributed by atoms with van der Waals surface area (Å²) in [6.45, 7) is 2.73. The highest BCUT2D eigenvalue weighted by atomic mass is 32.1. The number of thiophene rings is 1. The van der Waals surface area contributed by atoms with Gasteiger partial charge in [0.15, 0.2) is 0 Å². The molecule has 70 valence electrons. The van der Waals surface area contributed by atoms with Gasteiger partial charge in [-0.25, -0.2) is 4.68 Å². The number of nitrogens with zero attached hydrogens (tertiary/aromatic N) is 1. The lowest BCUT2D eigenvalue weighted by atomic mass is 10.5. The fraction of sp³-hybridized carbons (Fsp3) is 0.250. The lowest BCUT2D eigenvalue weighted by molar-refractivity contribution is 0.436. The predicted molar refractivity (Wildman–Crippen MR) is 55.8 cm³/mol. The fourth-order valence-electron chi connectivity index (χ4n) is 1.32. The number of fused-ring (bicyclic) bond motifs is 1. The van der Waals surface area contributed by atoms with Gasteiger partial charge in [-0.1, -0.05) is 0 Å². The maximum Gasteiger partial charge on any atom is 0.211 e. The normalized spacial score (nSPS) is 10.8. The first-order valence-electron chi connectivity index (χ1n) is 4.06. The third kappa shape index (κ3) is 1.21. The van der Waals surface area contributed by atoms with Crippen molar-refractivity contribution in [1.29, 1.82) is 0 Å². The van der Waals surface area contributed by atoms with Crippen molar-refractivity contribution < 1.29 is 5.11 Å². The van der Waals surface area contributed by atoms with E-state index in [9.17, 15) is 5.11 Å². The van der Waals surface area contributed by atoms with Gasteiger partial charge < -0.3 is 16.3 Å². The fourth-order valence-corrected chi connectivity index (χ4v) is 2.17. The summed E-state index contributed by atoms with van der Waals surface area (Å²) < 4.78 is 2.64. The quantitative estimate of drug-likeness (QED) is 0.684. The Morgan fingerprint density at radius 2 is 2.38 bits per heavy atom. The Morgan fingerprint density at radius 1 is 1.62 bits per heavy atom. The van der Waals surface area contributed by atoms with Crippen LogP contribution in [-0.4, -0.2) is 16.3 Å². The highest BCUT2D eigenvalue weighted by Crippen LogP contribution is 2.32. The number of rotatable bonds is 2. The number of anilines is 1. The van der Waals surface area contributed by atoms with Gasteiger partial charge in [-0.2, -0.15) is 0 Å². The zero-order chi connectivity index (χ0) is 9.42. The Kier molecular flexibility index (Phi) is 1.81. The van der Waals surface area contributed by atoms with Crippen molar-refractivity contribution in [2.24, 2.45) is 0 Å². The molecule has 13 heavy (non-hydrogen) atoms. The molecule has 0 fully saturated rings. The van der Waals surface area contributed by atoms with Crippen molar-refractivity contribution in [3.05, 3.63) is 12.1 Å². The van der Waals surface area contributed by atoms with Crippen LogP contribution in [0.2, 0.25) is 0 Å². The molecule has 4 N–H and O–H groups in total. The Bertz CT molecular complexity index is 432. The van der Waals surface area contributed by atoms with Crippen LogP contribution in [0.5, 0.6) is 5.88 Å². The average molecular weight is 197 g/mol. The summed E-state index contributed by atoms with van der Waals surface area (Å²) in [4.78, 5) is 0. The smallest absolute Gasteiger partial charge is 0.211 e. The lowest BCUT2D eigenvalue weighted by Gasteiger charge is -2.05. The first kappa shape index (κ1) is 8.25. The van der Waals surface area contributed by atoms with E-state index in [1.807, 2.05) is 13.0 Å². The molecule has 2 heterocycles. The van der Waals surface area contributed by atoms with Crippen LogP contribution in [0.1, 0.15) is 6.92 Å². The van der Waals surface area contributed by atoms with E-state index in [0.717, 1.165) is 21.8 Å². The minimum atomic E-state index is 0.225. The summed E-state index contributed by atoms with van der Waals surface area (Å²) in [5.74, 6) is 0.225. The Labute approximate surface area is 79.6 Å². The second-order valence-electron chi connectivity index (χ2n) is 2.75. The molecule has 2 aromatic rings. The van der Waals surface area contributed by atoms with E-state index >= 15 is 0 Å². The van der Waals surface area contributed by atoms with Crippen LogP contribution in [-0.2, 0) is 0 Å². The Morgan fingerprint density at radius 3 is 3.08 bits per heavy atom. The minimum Gasteiger partial charge on any atom is -0.493 e. The van der Waals surface area contributed by atoms with Crippen LogP contribution >= 0.6 is 11.3 Å². The van der Waals surface area contributed by atoms with E-state index in [-0.39, 0.29) is 5.88 Å². The first-order chi connectivity index (χ1) is 6.22. The Balaban J connectivity index is 2.61. The number of nitrogen functional groups attached to an aromatic ring is 1. The molecular formula is C8H11N3OS. The van der Waals surface area contributed by atoms with Crippen LogP contribution < -0.4 is 11.2 Å². The van der Waals surface area contributed by atoms with Gasteiger partial charge in [0.25, 0.3) is 0 Å². The van der Waals surface area contributed by atoms with Crippen LogP contribution in [0.4, 0.5) is 5.00 Å². The molecule has 0 spiro atoms. The molecule has 0 aliphatic rings. The van der Waals surface area contributed by atoms with Crippen LogP contribution in [0.3, 0.4) is 0 Å². The third-order valence-corrected chi connectivity index (χ3v) is 2.71. The molecule has 4 nitrogen and oxygen atoms in total. The molecule has 0 aliphatic carbocycles. The monoisotopic (exact) mass is 197 g/mol. The van der Waals surface area contributed by atoms with Gasteiger partial charge in [0.1, 0.15) is 0 Å². The molecule has 2 aromatic heterocycles. The predicted octanol–water partition coefficient (Wildman–Crippen LogP) is 1.55. The second-order valence-corrected chi connectivity index (χ2v) is 3.86. The third-order valence-electron chi connectivity index (χ3n) is 1.81. The number of aromatic hydroxyl groups is 1. The molecule has 0 radical (unpaired) electrons. The number of hydrogen-bond donors (Lipinski definition) is 3. The summed E-state index contributed by atoms with van der Waals surface area (Å²) in [7, 11) is 0. The van der Waals surface area contributed by atoms with Crippen molar-refractivity contribution in [1.82, 2.24) is 4.68 Å². The van der Waals surface area contributed by atoms with Crippen molar-refractivity contribution in [3.8, 4) is 5.88 Å². The molecule has 0 aromatic carbocycles. The summed E-state index contributed by atoms with van der Waals surface area (Å²) in [5, 5.41) is 10.3. The molecule has 2 rings (SSSR count). The first-order valence-corrected chi connectivity index (χ1v) is 4.87. The van der Waals surface area contributed by atoms with Crippen LogP contribution in [0, 0.1) is 0 Å². The molecule has 0 atom stereocenters. The standard InChI is InChI=1S/C8H11N3OS/c1-2-10-11-5-3-7(9)13-6(5)4-8(11)12/h3-4,10,12H,2,9H2,1H3. The minimum absolute atomic E-state index is 0.225. The van der Waals surface area contributed by atoms with Gasteiger partial charge in [0, 0.05) is 12.6 Å². The van der Waals surface area contributed by atoms with E-state index < -0.39 is 0 Å². The topological polar surface area (TPSA) is 63.2 Å². The van der Waals surface area contributed by atoms with E-state index in [1.165, 1.54) is 11.3 Å². The number of nitrogens with one attached hydrogen (secondary N) is 1. The number of hydrogen-bond acceptors (Lipinski definition) is 4. The maximum absolute atomic E-state index is 9.51. The zero-order valence-electron chi connectivity index (χ0n) is 7.24. The van der Waals surface area contributed by atoms with Crippen LogP contribution in [0.25, 0.3) is 10.2 Å². The molecular weight excluding hydrogens is 186 g/mol. The average Bonchev–Trinajstić information content (AvgIpc) is 2.52. The van der Waals surface area contributed by atoms with Crippen molar-refractivity contribution in [2.75, 3.05) is 17.7 Å². The molecule has 0 saturated heterocycles. The highest BCUT2D eigenvalue weighted by molar-refractivity contribution is 7.22. The van der Waals surface area contributed by atoms with E-state index in [1.54, 1.807) is 10.7 Å². The van der Waals surface area contributed by atoms with Crippen molar-refractivity contribution in [3.63, 3.8) is 0 Å². The van der Waals surface area contributed by atoms with Gasteiger partial charge >= 0.3 is 0 Å². The zero-order valence-corrected chi connectivity index (χ0v) is 8.06. The maximum atomic E-state index is 9.51. The molecule has 0 bridgehead atoms. The van der Waals surface area contributed by atoms with Gasteiger partial charge in [0.2, 0.25) is 5.88 Å².